The molecule has 0 spiro atoms. The van der Waals surface area contributed by atoms with Crippen LogP contribution in [0.4, 0.5) is 13.2 Å². The summed E-state index contributed by atoms with van der Waals surface area (Å²) in [6, 6.07) is 5.87. The highest BCUT2D eigenvalue weighted by molar-refractivity contribution is 5.93. The van der Waals surface area contributed by atoms with Crippen LogP contribution in [-0.4, -0.2) is 30.4 Å². The van der Waals surface area contributed by atoms with Gasteiger partial charge in [0.2, 0.25) is 0 Å². The second-order valence-electron chi connectivity index (χ2n) is 7.00. The summed E-state index contributed by atoms with van der Waals surface area (Å²) in [7, 11) is 0. The van der Waals surface area contributed by atoms with Crippen LogP contribution in [-0.2, 0) is 11.0 Å². The first-order valence-electron chi connectivity index (χ1n) is 8.46. The van der Waals surface area contributed by atoms with E-state index >= 15 is 0 Å². The smallest absolute Gasteiger partial charge is 0.337 e. The van der Waals surface area contributed by atoms with Crippen LogP contribution in [0.25, 0.3) is 0 Å². The number of hydrogen-bond donors (Lipinski definition) is 0. The van der Waals surface area contributed by atoms with Crippen molar-refractivity contribution in [1.29, 1.82) is 0 Å². The molecule has 0 unspecified atom stereocenters. The highest BCUT2D eigenvalue weighted by Crippen LogP contribution is 2.49. The number of amides is 1. The second kappa shape index (κ2) is 5.97. The minimum atomic E-state index is -4.32. The van der Waals surface area contributed by atoms with E-state index < -0.39 is 11.7 Å². The molecule has 1 aliphatic carbocycles. The van der Waals surface area contributed by atoms with Crippen LogP contribution in [0.5, 0.6) is 0 Å². The Balaban J connectivity index is 1.47. The van der Waals surface area contributed by atoms with E-state index in [2.05, 4.69) is 10.2 Å². The van der Waals surface area contributed by atoms with Gasteiger partial charge in [0.05, 0.1) is 12.1 Å². The van der Waals surface area contributed by atoms with Crippen LogP contribution >= 0.6 is 0 Å². The van der Waals surface area contributed by atoms with Crippen molar-refractivity contribution in [1.82, 2.24) is 4.90 Å². The topological polar surface area (TPSA) is 45.0 Å². The zero-order valence-corrected chi connectivity index (χ0v) is 13.5. The molecule has 0 radical (unpaired) electrons. The number of hydrogen-bond acceptors (Lipinski definition) is 3. The molecule has 2 aliphatic heterocycles. The third kappa shape index (κ3) is 2.96. The third-order valence-corrected chi connectivity index (χ3v) is 5.51. The summed E-state index contributed by atoms with van der Waals surface area (Å²) >= 11 is 0. The molecule has 0 aromatic heterocycles. The summed E-state index contributed by atoms with van der Waals surface area (Å²) in [4.78, 5) is 14.1. The second-order valence-corrected chi connectivity index (χ2v) is 7.00. The third-order valence-electron chi connectivity index (χ3n) is 5.51. The normalized spacial score (nSPS) is 28.4. The summed E-state index contributed by atoms with van der Waals surface area (Å²) in [5.41, 5.74) is 0.262. The number of halogens is 3. The Hall–Kier alpha value is -2.18. The van der Waals surface area contributed by atoms with Crippen molar-refractivity contribution in [3.8, 4) is 0 Å². The van der Waals surface area contributed by atoms with E-state index in [0.29, 0.717) is 43.7 Å². The minimum Gasteiger partial charge on any atom is -0.337 e. The van der Waals surface area contributed by atoms with Crippen molar-refractivity contribution in [3.05, 3.63) is 47.2 Å². The van der Waals surface area contributed by atoms with E-state index in [9.17, 15) is 18.0 Å². The molecule has 2 heterocycles. The predicted octanol–water partition coefficient (Wildman–Crippen LogP) is 4.01. The largest absolute Gasteiger partial charge is 0.416 e. The van der Waals surface area contributed by atoms with E-state index in [0.717, 1.165) is 6.07 Å². The summed E-state index contributed by atoms with van der Waals surface area (Å²) < 4.78 is 39.8. The van der Waals surface area contributed by atoms with Gasteiger partial charge in [0, 0.05) is 13.1 Å². The van der Waals surface area contributed by atoms with Crippen LogP contribution in [0.3, 0.4) is 0 Å². The number of likely N-dealkylation sites (tertiary alicyclic amines) is 1. The van der Waals surface area contributed by atoms with E-state index in [1.165, 1.54) is 6.07 Å². The summed E-state index contributed by atoms with van der Waals surface area (Å²) in [6.07, 6.45) is -1.22. The number of azo groups is 1. The molecule has 1 amide bonds. The van der Waals surface area contributed by atoms with Gasteiger partial charge in [-0.15, -0.1) is 0 Å². The lowest BCUT2D eigenvalue weighted by atomic mass is 9.91. The summed E-state index contributed by atoms with van der Waals surface area (Å²) in [5, 5.41) is 7.64. The van der Waals surface area contributed by atoms with Crippen molar-refractivity contribution in [2.75, 3.05) is 19.6 Å². The number of nitrogens with zero attached hydrogens (tertiary/aromatic N) is 3. The maximum Gasteiger partial charge on any atom is 0.416 e. The molecule has 3 atom stereocenters. The first-order chi connectivity index (χ1) is 11.9. The van der Waals surface area contributed by atoms with Crippen molar-refractivity contribution < 1.29 is 18.0 Å². The molecule has 25 heavy (non-hydrogen) atoms. The molecule has 1 aromatic rings. The van der Waals surface area contributed by atoms with Crippen LogP contribution in [0, 0.1) is 11.8 Å². The number of fused-ring (bicyclic) bond motifs is 1. The Morgan fingerprint density at radius 2 is 1.80 bits per heavy atom. The fourth-order valence-electron chi connectivity index (χ4n) is 4.41. The van der Waals surface area contributed by atoms with Gasteiger partial charge in [-0.05, 0) is 48.3 Å². The molecule has 1 aromatic carbocycles. The molecular formula is C18H18F3N3O. The van der Waals surface area contributed by atoms with Crippen LogP contribution < -0.4 is 0 Å². The molecule has 1 saturated heterocycles. The molecule has 0 bridgehead atoms. The lowest BCUT2D eigenvalue weighted by Crippen LogP contribution is -2.30. The highest BCUT2D eigenvalue weighted by Gasteiger charge is 2.45. The minimum absolute atomic E-state index is 0.0875. The maximum absolute atomic E-state index is 13.3. The average Bonchev–Trinajstić information content (AvgIpc) is 3.29. The predicted molar refractivity (Wildman–Crippen MR) is 84.8 cm³/mol. The van der Waals surface area contributed by atoms with Crippen LogP contribution in [0.15, 0.2) is 46.3 Å². The SMILES string of the molecule is O=C(C1=CCN=N1)N1C[C@H]2C[C@@H](c3ccccc3C(F)(F)F)C[C@H]2C1. The number of carbonyl (C=O) groups is 1. The van der Waals surface area contributed by atoms with Gasteiger partial charge in [-0.25, -0.2) is 0 Å². The number of alkyl halides is 3. The molecule has 0 N–H and O–H groups in total. The molecule has 1 saturated carbocycles. The van der Waals surface area contributed by atoms with Gasteiger partial charge < -0.3 is 4.90 Å². The van der Waals surface area contributed by atoms with E-state index in [1.54, 1.807) is 23.1 Å². The van der Waals surface area contributed by atoms with Gasteiger partial charge in [-0.3, -0.25) is 4.79 Å². The monoisotopic (exact) mass is 349 g/mol. The Bertz CT molecular complexity index is 742. The molecule has 4 rings (SSSR count). The van der Waals surface area contributed by atoms with Crippen molar-refractivity contribution >= 4 is 5.91 Å². The lowest BCUT2D eigenvalue weighted by molar-refractivity contribution is -0.138. The Kier molecular flexibility index (Phi) is 3.89. The van der Waals surface area contributed by atoms with Crippen molar-refractivity contribution in [2.24, 2.45) is 22.1 Å². The summed E-state index contributed by atoms with van der Waals surface area (Å²) in [5.74, 6) is 0.321. The average molecular weight is 349 g/mol. The Labute approximate surface area is 143 Å². The summed E-state index contributed by atoms with van der Waals surface area (Å²) in [6.45, 7) is 1.64. The van der Waals surface area contributed by atoms with Gasteiger partial charge in [0.25, 0.3) is 5.91 Å². The number of carbonyl (C=O) groups excluding carboxylic acids is 1. The molecular weight excluding hydrogens is 331 g/mol. The Morgan fingerprint density at radius 1 is 1.12 bits per heavy atom. The Morgan fingerprint density at radius 3 is 2.40 bits per heavy atom. The van der Waals surface area contributed by atoms with Crippen LogP contribution in [0.2, 0.25) is 0 Å². The van der Waals surface area contributed by atoms with Crippen molar-refractivity contribution in [3.63, 3.8) is 0 Å². The van der Waals surface area contributed by atoms with Gasteiger partial charge in [0.1, 0.15) is 5.70 Å². The molecule has 2 fully saturated rings. The quantitative estimate of drug-likeness (QED) is 0.796. The number of rotatable bonds is 2. The first kappa shape index (κ1) is 16.3. The zero-order valence-electron chi connectivity index (χ0n) is 13.5. The maximum atomic E-state index is 13.3. The zero-order chi connectivity index (χ0) is 17.6. The molecule has 3 aliphatic rings. The molecule has 132 valence electrons. The van der Waals surface area contributed by atoms with E-state index in [1.807, 2.05) is 0 Å². The molecule has 7 heteroatoms. The van der Waals surface area contributed by atoms with E-state index in [4.69, 9.17) is 0 Å². The van der Waals surface area contributed by atoms with Gasteiger partial charge >= 0.3 is 6.18 Å². The highest BCUT2D eigenvalue weighted by atomic mass is 19.4. The fraction of sp³-hybridized carbons (Fsp3) is 0.500. The number of benzene rings is 1. The fourth-order valence-corrected chi connectivity index (χ4v) is 4.41. The van der Waals surface area contributed by atoms with Gasteiger partial charge in [-0.1, -0.05) is 18.2 Å². The molecule has 4 nitrogen and oxygen atoms in total. The standard InChI is InChI=1S/C18H18F3N3O/c19-18(20,21)15-4-2-1-3-14(15)11-7-12-9-24(10-13(12)8-11)17(25)16-5-6-22-23-16/h1-5,11-13H,6-10H2/t11-,12-,13+. The lowest BCUT2D eigenvalue weighted by Gasteiger charge is -2.21. The van der Waals surface area contributed by atoms with E-state index in [-0.39, 0.29) is 23.7 Å². The van der Waals surface area contributed by atoms with Crippen molar-refractivity contribution in [2.45, 2.75) is 24.9 Å². The van der Waals surface area contributed by atoms with Gasteiger partial charge in [-0.2, -0.15) is 23.4 Å². The van der Waals surface area contributed by atoms with Crippen LogP contribution in [0.1, 0.15) is 29.9 Å². The van der Waals surface area contributed by atoms with Gasteiger partial charge in [0.15, 0.2) is 0 Å². The first-order valence-corrected chi connectivity index (χ1v) is 8.46.